The Hall–Kier alpha value is -0.590. The standard InChI is InChI=1S/C11H14N2OS3/c1-7(16-2)3-5-13-10(14)8-4-6-17-9(8)12-11(13)15/h4,6-7H,3,5H2,1-2H3,(H,12,15). The lowest BCUT2D eigenvalue weighted by Crippen LogP contribution is -2.22. The van der Waals surface area contributed by atoms with Gasteiger partial charge in [-0.05, 0) is 36.3 Å². The molecule has 3 nitrogen and oxygen atoms in total. The van der Waals surface area contributed by atoms with Crippen LogP contribution in [0.2, 0.25) is 0 Å². The number of thiophene rings is 1. The quantitative estimate of drug-likeness (QED) is 0.877. The van der Waals surface area contributed by atoms with Crippen LogP contribution in [0.5, 0.6) is 0 Å². The van der Waals surface area contributed by atoms with E-state index in [1.807, 2.05) is 11.4 Å². The first kappa shape index (κ1) is 12.9. The Kier molecular flexibility index (Phi) is 4.06. The van der Waals surface area contributed by atoms with E-state index in [9.17, 15) is 4.79 Å². The molecule has 2 aromatic heterocycles. The minimum Gasteiger partial charge on any atom is -0.323 e. The second-order valence-electron chi connectivity index (χ2n) is 3.89. The molecule has 17 heavy (non-hydrogen) atoms. The number of rotatable bonds is 4. The maximum absolute atomic E-state index is 12.2. The predicted molar refractivity (Wildman–Crippen MR) is 78.9 cm³/mol. The molecule has 6 heteroatoms. The molecule has 2 aromatic rings. The average Bonchev–Trinajstić information content (AvgIpc) is 2.76. The van der Waals surface area contributed by atoms with E-state index >= 15 is 0 Å². The van der Waals surface area contributed by atoms with Crippen LogP contribution in [0.3, 0.4) is 0 Å². The van der Waals surface area contributed by atoms with Gasteiger partial charge in [0.05, 0.1) is 5.39 Å². The van der Waals surface area contributed by atoms with Crippen molar-refractivity contribution in [2.24, 2.45) is 0 Å². The van der Waals surface area contributed by atoms with Gasteiger partial charge < -0.3 is 4.98 Å². The molecular weight excluding hydrogens is 272 g/mol. The van der Waals surface area contributed by atoms with Crippen molar-refractivity contribution in [1.82, 2.24) is 9.55 Å². The summed E-state index contributed by atoms with van der Waals surface area (Å²) in [4.78, 5) is 16.2. The van der Waals surface area contributed by atoms with Gasteiger partial charge in [-0.1, -0.05) is 6.92 Å². The van der Waals surface area contributed by atoms with Crippen LogP contribution < -0.4 is 5.56 Å². The highest BCUT2D eigenvalue weighted by molar-refractivity contribution is 7.99. The fourth-order valence-electron chi connectivity index (χ4n) is 1.61. The molecule has 0 fully saturated rings. The molecule has 1 N–H and O–H groups in total. The van der Waals surface area contributed by atoms with Gasteiger partial charge in [0.15, 0.2) is 4.77 Å². The van der Waals surface area contributed by atoms with E-state index in [1.54, 1.807) is 16.3 Å². The Morgan fingerprint density at radius 3 is 3.12 bits per heavy atom. The van der Waals surface area contributed by atoms with Crippen LogP contribution in [-0.4, -0.2) is 21.1 Å². The van der Waals surface area contributed by atoms with Crippen molar-refractivity contribution in [3.63, 3.8) is 0 Å². The van der Waals surface area contributed by atoms with Crippen molar-refractivity contribution in [2.75, 3.05) is 6.26 Å². The molecule has 0 saturated heterocycles. The van der Waals surface area contributed by atoms with Gasteiger partial charge in [-0.2, -0.15) is 11.8 Å². The monoisotopic (exact) mass is 286 g/mol. The Morgan fingerprint density at radius 1 is 1.65 bits per heavy atom. The van der Waals surface area contributed by atoms with Crippen molar-refractivity contribution < 1.29 is 0 Å². The fourth-order valence-corrected chi connectivity index (χ4v) is 3.07. The van der Waals surface area contributed by atoms with Crippen LogP contribution in [0.1, 0.15) is 13.3 Å². The zero-order valence-corrected chi connectivity index (χ0v) is 12.2. The smallest absolute Gasteiger partial charge is 0.263 e. The lowest BCUT2D eigenvalue weighted by atomic mass is 10.3. The fraction of sp³-hybridized carbons (Fsp3) is 0.455. The van der Waals surface area contributed by atoms with Gasteiger partial charge in [-0.15, -0.1) is 11.3 Å². The molecule has 0 radical (unpaired) electrons. The highest BCUT2D eigenvalue weighted by Crippen LogP contribution is 2.15. The third kappa shape index (κ3) is 2.64. The molecular formula is C11H14N2OS3. The summed E-state index contributed by atoms with van der Waals surface area (Å²) in [5, 5.41) is 3.18. The van der Waals surface area contributed by atoms with E-state index in [0.717, 1.165) is 16.6 Å². The molecule has 0 amide bonds. The number of fused-ring (bicyclic) bond motifs is 1. The maximum atomic E-state index is 12.2. The van der Waals surface area contributed by atoms with Crippen LogP contribution in [-0.2, 0) is 6.54 Å². The molecule has 1 atom stereocenters. The molecule has 0 spiro atoms. The van der Waals surface area contributed by atoms with E-state index < -0.39 is 0 Å². The van der Waals surface area contributed by atoms with Crippen LogP contribution >= 0.6 is 35.3 Å². The van der Waals surface area contributed by atoms with Crippen molar-refractivity contribution >= 4 is 45.5 Å². The van der Waals surface area contributed by atoms with E-state index in [-0.39, 0.29) is 5.56 Å². The summed E-state index contributed by atoms with van der Waals surface area (Å²) >= 11 is 8.55. The summed E-state index contributed by atoms with van der Waals surface area (Å²) in [6, 6.07) is 1.85. The zero-order chi connectivity index (χ0) is 12.4. The number of nitrogens with zero attached hydrogens (tertiary/aromatic N) is 1. The van der Waals surface area contributed by atoms with Crippen molar-refractivity contribution in [2.45, 2.75) is 25.1 Å². The summed E-state index contributed by atoms with van der Waals surface area (Å²) in [5.41, 5.74) is 0.0262. The van der Waals surface area contributed by atoms with E-state index in [4.69, 9.17) is 12.2 Å². The highest BCUT2D eigenvalue weighted by atomic mass is 32.2. The van der Waals surface area contributed by atoms with Gasteiger partial charge in [0, 0.05) is 11.8 Å². The number of hydrogen-bond donors (Lipinski definition) is 1. The summed E-state index contributed by atoms with van der Waals surface area (Å²) < 4.78 is 2.19. The highest BCUT2D eigenvalue weighted by Gasteiger charge is 2.07. The first-order chi connectivity index (χ1) is 8.13. The third-order valence-electron chi connectivity index (χ3n) is 2.77. The third-order valence-corrected chi connectivity index (χ3v) is 4.96. The topological polar surface area (TPSA) is 37.8 Å². The Morgan fingerprint density at radius 2 is 2.41 bits per heavy atom. The van der Waals surface area contributed by atoms with Gasteiger partial charge in [0.1, 0.15) is 4.83 Å². The van der Waals surface area contributed by atoms with Gasteiger partial charge in [0.25, 0.3) is 5.56 Å². The molecule has 0 saturated carbocycles. The molecule has 2 rings (SSSR count). The number of aromatic amines is 1. The second kappa shape index (κ2) is 5.37. The van der Waals surface area contributed by atoms with E-state index in [0.29, 0.717) is 16.6 Å². The summed E-state index contributed by atoms with van der Waals surface area (Å²) in [7, 11) is 0. The van der Waals surface area contributed by atoms with E-state index in [1.165, 1.54) is 11.3 Å². The zero-order valence-electron chi connectivity index (χ0n) is 9.73. The summed E-state index contributed by atoms with van der Waals surface area (Å²) in [5.74, 6) is 0. The van der Waals surface area contributed by atoms with Gasteiger partial charge in [-0.25, -0.2) is 0 Å². The molecule has 0 aliphatic heterocycles. The number of aromatic nitrogens is 2. The number of hydrogen-bond acceptors (Lipinski definition) is 4. The number of thioether (sulfide) groups is 1. The molecule has 0 aliphatic carbocycles. The molecule has 92 valence electrons. The van der Waals surface area contributed by atoms with Crippen LogP contribution in [0, 0.1) is 4.77 Å². The summed E-state index contributed by atoms with van der Waals surface area (Å²) in [6.07, 6.45) is 3.03. The Labute approximate surface area is 113 Å². The normalized spacial score (nSPS) is 13.1. The SMILES string of the molecule is CSC(C)CCn1c(=S)[nH]c2sccc2c1=O. The predicted octanol–water partition coefficient (Wildman–Crippen LogP) is 3.26. The second-order valence-corrected chi connectivity index (χ2v) is 6.46. The minimum absolute atomic E-state index is 0.0262. The Balaban J connectivity index is 2.40. The molecule has 0 aromatic carbocycles. The van der Waals surface area contributed by atoms with Gasteiger partial charge in [-0.3, -0.25) is 9.36 Å². The van der Waals surface area contributed by atoms with Crippen molar-refractivity contribution in [1.29, 1.82) is 0 Å². The lowest BCUT2D eigenvalue weighted by Gasteiger charge is -2.10. The first-order valence-electron chi connectivity index (χ1n) is 5.36. The van der Waals surface area contributed by atoms with Crippen molar-refractivity contribution in [3.05, 3.63) is 26.6 Å². The van der Waals surface area contributed by atoms with Gasteiger partial charge >= 0.3 is 0 Å². The van der Waals surface area contributed by atoms with Crippen LogP contribution in [0.15, 0.2) is 16.2 Å². The Bertz CT molecular complexity index is 625. The van der Waals surface area contributed by atoms with Crippen LogP contribution in [0.4, 0.5) is 0 Å². The molecule has 0 aliphatic rings. The lowest BCUT2D eigenvalue weighted by molar-refractivity contribution is 0.609. The molecule has 2 heterocycles. The number of nitrogens with one attached hydrogen (secondary N) is 1. The molecule has 1 unspecified atom stereocenters. The maximum Gasteiger partial charge on any atom is 0.263 e. The van der Waals surface area contributed by atoms with E-state index in [2.05, 4.69) is 18.2 Å². The average molecular weight is 286 g/mol. The first-order valence-corrected chi connectivity index (χ1v) is 7.94. The van der Waals surface area contributed by atoms with Gasteiger partial charge in [0.2, 0.25) is 0 Å². The largest absolute Gasteiger partial charge is 0.323 e. The summed E-state index contributed by atoms with van der Waals surface area (Å²) in [6.45, 7) is 2.84. The number of H-pyrrole nitrogens is 1. The molecule has 0 bridgehead atoms. The van der Waals surface area contributed by atoms with Crippen LogP contribution in [0.25, 0.3) is 10.2 Å². The van der Waals surface area contributed by atoms with Crippen molar-refractivity contribution in [3.8, 4) is 0 Å². The minimum atomic E-state index is 0.0262.